The van der Waals surface area contributed by atoms with Crippen LogP contribution in [0.25, 0.3) is 0 Å². The summed E-state index contributed by atoms with van der Waals surface area (Å²) in [7, 11) is 0. The predicted molar refractivity (Wildman–Crippen MR) is 136 cm³/mol. The molecule has 8 atom stereocenters. The highest BCUT2D eigenvalue weighted by Gasteiger charge is 2.68. The van der Waals surface area contributed by atoms with E-state index in [4.69, 9.17) is 0 Å². The highest BCUT2D eigenvalue weighted by Crippen LogP contribution is 2.76. The van der Waals surface area contributed by atoms with Crippen LogP contribution in [0.4, 0.5) is 0 Å². The van der Waals surface area contributed by atoms with Gasteiger partial charge in [0.25, 0.3) is 0 Å². The summed E-state index contributed by atoms with van der Waals surface area (Å²) in [5.41, 5.74) is 2.53. The molecule has 4 saturated carbocycles. The summed E-state index contributed by atoms with van der Waals surface area (Å²) in [6, 6.07) is 0. The maximum Gasteiger partial charge on any atom is 0.310 e. The summed E-state index contributed by atoms with van der Waals surface area (Å²) in [4.78, 5) is 12.8. The Labute approximate surface area is 203 Å². The van der Waals surface area contributed by atoms with Gasteiger partial charge in [-0.1, -0.05) is 67.0 Å². The summed E-state index contributed by atoms with van der Waals surface area (Å²) >= 11 is 0. The standard InChI is InChI=1S/C31H50O2/c1-20-11-13-28(6)23(27(20,4)5)12-14-30(8)24(28)10-9-21-22-19-26(2,3)15-17-31(22,25(32)33)18-16-29(21,30)7/h9,20,22-24H,10-19H2,1-8H3,(H,32,33)/t20-,22+,23?,24+,28-,29+,30+,31-/m0/s1. The first-order valence-electron chi connectivity index (χ1n) is 14.1. The van der Waals surface area contributed by atoms with Crippen LogP contribution in [0.1, 0.15) is 120 Å². The molecule has 0 aliphatic heterocycles. The van der Waals surface area contributed by atoms with Gasteiger partial charge in [-0.05, 0) is 115 Å². The van der Waals surface area contributed by atoms with Crippen LogP contribution in [0.5, 0.6) is 0 Å². The molecule has 0 aromatic heterocycles. The Balaban J connectivity index is 1.60. The average Bonchev–Trinajstić information content (AvgIpc) is 2.71. The lowest BCUT2D eigenvalue weighted by molar-refractivity contribution is -0.195. The Morgan fingerprint density at radius 3 is 2.21 bits per heavy atom. The molecule has 0 spiro atoms. The molecule has 0 saturated heterocycles. The summed E-state index contributed by atoms with van der Waals surface area (Å²) < 4.78 is 0. The first-order chi connectivity index (χ1) is 15.1. The van der Waals surface area contributed by atoms with E-state index in [9.17, 15) is 9.90 Å². The minimum atomic E-state index is -0.520. The molecule has 186 valence electrons. The average molecular weight is 455 g/mol. The van der Waals surface area contributed by atoms with E-state index in [1.807, 2.05) is 0 Å². The Morgan fingerprint density at radius 1 is 0.879 bits per heavy atom. The molecular formula is C31H50O2. The van der Waals surface area contributed by atoms with E-state index in [0.29, 0.717) is 10.8 Å². The largest absolute Gasteiger partial charge is 0.481 e. The Kier molecular flexibility index (Phi) is 5.01. The zero-order valence-electron chi connectivity index (χ0n) is 22.8. The van der Waals surface area contributed by atoms with Gasteiger partial charge in [0, 0.05) is 0 Å². The van der Waals surface area contributed by atoms with E-state index < -0.39 is 11.4 Å². The van der Waals surface area contributed by atoms with Crippen LogP contribution in [0.15, 0.2) is 11.6 Å². The number of hydrogen-bond acceptors (Lipinski definition) is 1. The van der Waals surface area contributed by atoms with Crippen molar-refractivity contribution < 1.29 is 9.90 Å². The van der Waals surface area contributed by atoms with E-state index in [2.05, 4.69) is 61.5 Å². The molecule has 33 heavy (non-hydrogen) atoms. The second kappa shape index (κ2) is 6.91. The minimum absolute atomic E-state index is 0.147. The van der Waals surface area contributed by atoms with Crippen molar-refractivity contribution in [1.29, 1.82) is 0 Å². The van der Waals surface area contributed by atoms with Crippen LogP contribution < -0.4 is 0 Å². The highest BCUT2D eigenvalue weighted by atomic mass is 16.4. The fourth-order valence-electron chi connectivity index (χ4n) is 10.8. The summed E-state index contributed by atoms with van der Waals surface area (Å²) in [5.74, 6) is 2.04. The summed E-state index contributed by atoms with van der Waals surface area (Å²) in [6.45, 7) is 20.2. The van der Waals surface area contributed by atoms with E-state index in [0.717, 1.165) is 49.9 Å². The quantitative estimate of drug-likeness (QED) is 0.403. The van der Waals surface area contributed by atoms with Crippen molar-refractivity contribution in [3.8, 4) is 0 Å². The first kappa shape index (κ1) is 23.9. The molecule has 1 N–H and O–H groups in total. The number of aliphatic carboxylic acids is 1. The Hall–Kier alpha value is -0.790. The maximum atomic E-state index is 12.8. The van der Waals surface area contributed by atoms with Crippen molar-refractivity contribution in [2.75, 3.05) is 0 Å². The molecule has 4 fully saturated rings. The molecule has 0 heterocycles. The molecule has 0 bridgehead atoms. The Morgan fingerprint density at radius 2 is 1.55 bits per heavy atom. The molecule has 5 aliphatic carbocycles. The SMILES string of the molecule is C[C@H]1CC[C@@]2(C)C(CC[C@]3(C)[C@@H]2CC=C2[C@H]4CC(C)(C)CC[C@]4(C(=O)O)CC[C@]23C)C1(C)C. The lowest BCUT2D eigenvalue weighted by Crippen LogP contribution is -2.64. The minimum Gasteiger partial charge on any atom is -0.481 e. The number of carboxylic acid groups (broad SMARTS) is 1. The van der Waals surface area contributed by atoms with Gasteiger partial charge in [0.15, 0.2) is 0 Å². The highest BCUT2D eigenvalue weighted by molar-refractivity contribution is 5.76. The van der Waals surface area contributed by atoms with E-state index in [-0.39, 0.29) is 22.2 Å². The van der Waals surface area contributed by atoms with Gasteiger partial charge >= 0.3 is 5.97 Å². The van der Waals surface area contributed by atoms with Crippen LogP contribution in [-0.2, 0) is 4.79 Å². The van der Waals surface area contributed by atoms with Crippen LogP contribution in [0.2, 0.25) is 0 Å². The van der Waals surface area contributed by atoms with Gasteiger partial charge in [-0.25, -0.2) is 0 Å². The number of carboxylic acids is 1. The van der Waals surface area contributed by atoms with Crippen molar-refractivity contribution in [3.63, 3.8) is 0 Å². The Bertz CT molecular complexity index is 881. The van der Waals surface area contributed by atoms with Crippen molar-refractivity contribution in [3.05, 3.63) is 11.6 Å². The van der Waals surface area contributed by atoms with Crippen LogP contribution in [0.3, 0.4) is 0 Å². The first-order valence-corrected chi connectivity index (χ1v) is 14.1. The van der Waals surface area contributed by atoms with Crippen molar-refractivity contribution >= 4 is 5.97 Å². The molecule has 5 rings (SSSR count). The van der Waals surface area contributed by atoms with Gasteiger partial charge < -0.3 is 5.11 Å². The zero-order valence-corrected chi connectivity index (χ0v) is 22.8. The van der Waals surface area contributed by atoms with Gasteiger partial charge in [0.05, 0.1) is 5.41 Å². The van der Waals surface area contributed by atoms with E-state index in [1.54, 1.807) is 5.57 Å². The summed E-state index contributed by atoms with van der Waals surface area (Å²) in [5, 5.41) is 10.5. The summed E-state index contributed by atoms with van der Waals surface area (Å²) in [6.07, 6.45) is 14.1. The molecule has 0 amide bonds. The number of fused-ring (bicyclic) bond motifs is 7. The maximum absolute atomic E-state index is 12.8. The molecular weight excluding hydrogens is 404 g/mol. The van der Waals surface area contributed by atoms with Crippen molar-refractivity contribution in [2.45, 2.75) is 120 Å². The van der Waals surface area contributed by atoms with Gasteiger partial charge in [-0.15, -0.1) is 0 Å². The molecule has 1 unspecified atom stereocenters. The molecule has 2 heteroatoms. The monoisotopic (exact) mass is 454 g/mol. The lowest BCUT2D eigenvalue weighted by Gasteiger charge is -2.71. The van der Waals surface area contributed by atoms with Crippen LogP contribution >= 0.6 is 0 Å². The van der Waals surface area contributed by atoms with Gasteiger partial charge in [-0.3, -0.25) is 4.79 Å². The van der Waals surface area contributed by atoms with Crippen LogP contribution in [-0.4, -0.2) is 11.1 Å². The van der Waals surface area contributed by atoms with Crippen LogP contribution in [0, 0.1) is 56.2 Å². The normalized spacial score (nSPS) is 52.4. The number of carbonyl (C=O) groups is 1. The predicted octanol–water partition coefficient (Wildman–Crippen LogP) is 8.51. The third-order valence-electron chi connectivity index (χ3n) is 13.6. The second-order valence-electron chi connectivity index (χ2n) is 15.4. The van der Waals surface area contributed by atoms with E-state index >= 15 is 0 Å². The van der Waals surface area contributed by atoms with Gasteiger partial charge in [0.1, 0.15) is 0 Å². The second-order valence-corrected chi connectivity index (χ2v) is 15.4. The van der Waals surface area contributed by atoms with Crippen molar-refractivity contribution in [1.82, 2.24) is 0 Å². The number of hydrogen-bond donors (Lipinski definition) is 1. The third kappa shape index (κ3) is 2.88. The fourth-order valence-corrected chi connectivity index (χ4v) is 10.8. The fraction of sp³-hybridized carbons (Fsp3) is 0.903. The molecule has 2 nitrogen and oxygen atoms in total. The lowest BCUT2D eigenvalue weighted by atomic mass is 9.33. The molecule has 0 radical (unpaired) electrons. The van der Waals surface area contributed by atoms with E-state index in [1.165, 1.54) is 32.1 Å². The molecule has 0 aromatic rings. The smallest absolute Gasteiger partial charge is 0.310 e. The van der Waals surface area contributed by atoms with Crippen molar-refractivity contribution in [2.24, 2.45) is 56.2 Å². The number of allylic oxidation sites excluding steroid dienone is 2. The third-order valence-corrected chi connectivity index (χ3v) is 13.6. The zero-order chi connectivity index (χ0) is 24.2. The molecule has 5 aliphatic rings. The van der Waals surface area contributed by atoms with Gasteiger partial charge in [-0.2, -0.15) is 0 Å². The number of rotatable bonds is 1. The molecule has 0 aromatic carbocycles. The topological polar surface area (TPSA) is 37.3 Å². The van der Waals surface area contributed by atoms with Gasteiger partial charge in [0.2, 0.25) is 0 Å².